The van der Waals surface area contributed by atoms with E-state index in [2.05, 4.69) is 4.98 Å². The lowest BCUT2D eigenvalue weighted by Crippen LogP contribution is -2.45. The highest BCUT2D eigenvalue weighted by Crippen LogP contribution is 2.42. The number of nitrogens with two attached hydrogens (primary N) is 1. The van der Waals surface area contributed by atoms with E-state index < -0.39 is 0 Å². The maximum Gasteiger partial charge on any atom is 0.255 e. The van der Waals surface area contributed by atoms with Crippen molar-refractivity contribution in [2.75, 3.05) is 0 Å². The van der Waals surface area contributed by atoms with Gasteiger partial charge in [-0.05, 0) is 67.5 Å². The summed E-state index contributed by atoms with van der Waals surface area (Å²) < 4.78 is 6.27. The summed E-state index contributed by atoms with van der Waals surface area (Å²) in [5.74, 6) is 1.90. The molecule has 4 rings (SSSR count). The van der Waals surface area contributed by atoms with Crippen molar-refractivity contribution in [3.05, 3.63) is 39.8 Å². The van der Waals surface area contributed by atoms with Crippen LogP contribution in [0.1, 0.15) is 32.1 Å². The molecule has 0 radical (unpaired) electrons. The third kappa shape index (κ3) is 2.74. The van der Waals surface area contributed by atoms with Gasteiger partial charge in [0, 0.05) is 17.6 Å². The smallest absolute Gasteiger partial charge is 0.255 e. The number of aromatic amines is 1. The first-order valence-electron chi connectivity index (χ1n) is 8.35. The lowest BCUT2D eigenvalue weighted by molar-refractivity contribution is 0.0321. The zero-order chi connectivity index (χ0) is 16.0. The zero-order valence-corrected chi connectivity index (χ0v) is 13.7. The van der Waals surface area contributed by atoms with E-state index in [-0.39, 0.29) is 11.7 Å². The summed E-state index contributed by atoms with van der Waals surface area (Å²) in [6.07, 6.45) is 7.41. The van der Waals surface area contributed by atoms with Crippen molar-refractivity contribution < 1.29 is 4.74 Å². The monoisotopic (exact) mass is 332 g/mol. The fourth-order valence-electron chi connectivity index (χ4n) is 4.20. The SMILES string of the molecule is NC1CC[C@H]2C[C@H]1CCC2Oc1cc2cc[nH]c(=O)c2cc1Cl. The summed E-state index contributed by atoms with van der Waals surface area (Å²) in [7, 11) is 0. The van der Waals surface area contributed by atoms with Gasteiger partial charge in [0.2, 0.25) is 0 Å². The van der Waals surface area contributed by atoms with Crippen molar-refractivity contribution in [1.29, 1.82) is 0 Å². The molecule has 0 spiro atoms. The van der Waals surface area contributed by atoms with E-state index >= 15 is 0 Å². The molecule has 1 aromatic carbocycles. The van der Waals surface area contributed by atoms with Crippen LogP contribution in [-0.2, 0) is 0 Å². The molecule has 1 aromatic heterocycles. The van der Waals surface area contributed by atoms with Gasteiger partial charge in [-0.1, -0.05) is 11.6 Å². The van der Waals surface area contributed by atoms with E-state index in [0.717, 1.165) is 37.5 Å². The van der Waals surface area contributed by atoms with Gasteiger partial charge in [-0.3, -0.25) is 4.79 Å². The van der Waals surface area contributed by atoms with Gasteiger partial charge in [0.1, 0.15) is 11.9 Å². The van der Waals surface area contributed by atoms with Gasteiger partial charge in [0.15, 0.2) is 0 Å². The van der Waals surface area contributed by atoms with Gasteiger partial charge in [-0.25, -0.2) is 0 Å². The maximum absolute atomic E-state index is 11.8. The number of hydrogen-bond donors (Lipinski definition) is 2. The van der Waals surface area contributed by atoms with Crippen LogP contribution in [0.5, 0.6) is 5.75 Å². The van der Waals surface area contributed by atoms with Crippen molar-refractivity contribution >= 4 is 22.4 Å². The third-order valence-corrected chi connectivity index (χ3v) is 5.83. The molecule has 0 aliphatic heterocycles. The molecule has 2 fully saturated rings. The number of benzene rings is 1. The van der Waals surface area contributed by atoms with Crippen LogP contribution in [0.2, 0.25) is 5.02 Å². The minimum Gasteiger partial charge on any atom is -0.489 e. The quantitative estimate of drug-likeness (QED) is 0.884. The van der Waals surface area contributed by atoms with Crippen LogP contribution in [0, 0.1) is 11.8 Å². The van der Waals surface area contributed by atoms with Gasteiger partial charge in [-0.15, -0.1) is 0 Å². The normalized spacial score (nSPS) is 30.3. The Labute approximate surface area is 140 Å². The Balaban J connectivity index is 1.60. The van der Waals surface area contributed by atoms with E-state index in [4.69, 9.17) is 22.1 Å². The zero-order valence-electron chi connectivity index (χ0n) is 12.9. The summed E-state index contributed by atoms with van der Waals surface area (Å²) in [5.41, 5.74) is 6.06. The summed E-state index contributed by atoms with van der Waals surface area (Å²) >= 11 is 6.35. The molecule has 0 saturated heterocycles. The van der Waals surface area contributed by atoms with E-state index in [9.17, 15) is 4.79 Å². The van der Waals surface area contributed by atoms with Gasteiger partial charge < -0.3 is 15.5 Å². The predicted octanol–water partition coefficient (Wildman–Crippen LogP) is 3.47. The molecule has 1 heterocycles. The van der Waals surface area contributed by atoms with Crippen molar-refractivity contribution in [2.45, 2.75) is 44.2 Å². The molecule has 5 heteroatoms. The largest absolute Gasteiger partial charge is 0.489 e. The molecule has 2 aromatic rings. The first-order valence-corrected chi connectivity index (χ1v) is 8.73. The predicted molar refractivity (Wildman–Crippen MR) is 92.0 cm³/mol. The minimum absolute atomic E-state index is 0.127. The van der Waals surface area contributed by atoms with E-state index in [0.29, 0.717) is 34.0 Å². The van der Waals surface area contributed by atoms with Crippen LogP contribution in [-0.4, -0.2) is 17.1 Å². The van der Waals surface area contributed by atoms with E-state index in [1.165, 1.54) is 0 Å². The van der Waals surface area contributed by atoms with Gasteiger partial charge in [-0.2, -0.15) is 0 Å². The van der Waals surface area contributed by atoms with Crippen LogP contribution in [0.3, 0.4) is 0 Å². The average molecular weight is 333 g/mol. The molecule has 0 amide bonds. The van der Waals surface area contributed by atoms with Crippen molar-refractivity contribution in [1.82, 2.24) is 4.98 Å². The second kappa shape index (κ2) is 5.84. The number of nitrogens with one attached hydrogen (secondary N) is 1. The van der Waals surface area contributed by atoms with Gasteiger partial charge in [0.05, 0.1) is 5.02 Å². The second-order valence-corrected chi connectivity index (χ2v) is 7.31. The van der Waals surface area contributed by atoms with Crippen LogP contribution in [0.25, 0.3) is 10.8 Å². The number of hydrogen-bond acceptors (Lipinski definition) is 3. The standard InChI is InChI=1S/C18H21ClN2O2/c19-14-9-13-10(5-6-21-18(13)22)8-17(14)23-16-4-2-11-7-12(16)1-3-15(11)20/h5-6,8-9,11-12,15-16H,1-4,7,20H2,(H,21,22)/t11-,12+,15?,16?/m1/s1. The maximum atomic E-state index is 11.8. The second-order valence-electron chi connectivity index (χ2n) is 6.91. The van der Waals surface area contributed by atoms with E-state index in [1.807, 2.05) is 12.1 Å². The Hall–Kier alpha value is -1.52. The molecule has 3 N–H and O–H groups in total. The fraction of sp³-hybridized carbons (Fsp3) is 0.500. The summed E-state index contributed by atoms with van der Waals surface area (Å²) in [6, 6.07) is 5.82. The summed E-state index contributed by atoms with van der Waals surface area (Å²) in [4.78, 5) is 14.5. The first kappa shape index (κ1) is 15.0. The molecule has 2 bridgehead atoms. The third-order valence-electron chi connectivity index (χ3n) is 5.53. The lowest BCUT2D eigenvalue weighted by atomic mass is 9.68. The van der Waals surface area contributed by atoms with Gasteiger partial charge in [0.25, 0.3) is 5.56 Å². The Bertz CT molecular complexity index is 788. The molecule has 2 aliphatic carbocycles. The highest BCUT2D eigenvalue weighted by Gasteiger charge is 2.38. The Morgan fingerprint density at radius 3 is 2.87 bits per heavy atom. The minimum atomic E-state index is -0.127. The van der Waals surface area contributed by atoms with Crippen LogP contribution >= 0.6 is 11.6 Å². The fourth-order valence-corrected chi connectivity index (χ4v) is 4.41. The number of halogens is 1. The van der Waals surface area contributed by atoms with Crippen molar-refractivity contribution in [3.8, 4) is 5.75 Å². The van der Waals surface area contributed by atoms with Gasteiger partial charge >= 0.3 is 0 Å². The Morgan fingerprint density at radius 1 is 1.17 bits per heavy atom. The summed E-state index contributed by atoms with van der Waals surface area (Å²) in [6.45, 7) is 0. The Kier molecular flexibility index (Phi) is 3.82. The number of H-pyrrole nitrogens is 1. The molecule has 4 atom stereocenters. The molecule has 2 saturated carbocycles. The molecular weight excluding hydrogens is 312 g/mol. The van der Waals surface area contributed by atoms with E-state index in [1.54, 1.807) is 12.3 Å². The number of pyridine rings is 1. The molecule has 2 unspecified atom stereocenters. The number of aromatic nitrogens is 1. The topological polar surface area (TPSA) is 68.1 Å². The van der Waals surface area contributed by atoms with Crippen molar-refractivity contribution in [3.63, 3.8) is 0 Å². The van der Waals surface area contributed by atoms with Crippen LogP contribution in [0.4, 0.5) is 0 Å². The highest BCUT2D eigenvalue weighted by molar-refractivity contribution is 6.32. The molecule has 23 heavy (non-hydrogen) atoms. The van der Waals surface area contributed by atoms with Crippen molar-refractivity contribution in [2.24, 2.45) is 17.6 Å². The molecule has 4 nitrogen and oxygen atoms in total. The molecular formula is C18H21ClN2O2. The number of ether oxygens (including phenoxy) is 1. The number of fused-ring (bicyclic) bond motifs is 3. The number of rotatable bonds is 2. The highest BCUT2D eigenvalue weighted by atomic mass is 35.5. The lowest BCUT2D eigenvalue weighted by Gasteiger charge is -2.43. The summed E-state index contributed by atoms with van der Waals surface area (Å²) in [5, 5.41) is 1.95. The molecule has 122 valence electrons. The van der Waals surface area contributed by atoms with Crippen LogP contribution in [0.15, 0.2) is 29.2 Å². The van der Waals surface area contributed by atoms with Crippen LogP contribution < -0.4 is 16.0 Å². The Morgan fingerprint density at radius 2 is 2.00 bits per heavy atom. The molecule has 2 aliphatic rings. The average Bonchev–Trinajstić information content (AvgIpc) is 2.55. The first-order chi connectivity index (χ1) is 11.1.